The molecule has 0 N–H and O–H groups in total. The van der Waals surface area contributed by atoms with Gasteiger partial charge in [-0.25, -0.2) is 14.8 Å². The van der Waals surface area contributed by atoms with Crippen LogP contribution in [0.5, 0.6) is 0 Å². The van der Waals surface area contributed by atoms with Gasteiger partial charge in [-0.15, -0.1) is 0 Å². The van der Waals surface area contributed by atoms with Crippen LogP contribution >= 0.6 is 0 Å². The van der Waals surface area contributed by atoms with Crippen molar-refractivity contribution in [2.75, 3.05) is 6.61 Å². The third-order valence-electron chi connectivity index (χ3n) is 2.88. The Morgan fingerprint density at radius 3 is 2.68 bits per heavy atom. The molecule has 0 bridgehead atoms. The zero-order valence-electron chi connectivity index (χ0n) is 11.3. The first-order chi connectivity index (χ1) is 9.13. The van der Waals surface area contributed by atoms with E-state index in [9.17, 15) is 4.79 Å². The number of aromatic nitrogens is 4. The van der Waals surface area contributed by atoms with Crippen molar-refractivity contribution in [3.05, 3.63) is 41.2 Å². The molecule has 0 fully saturated rings. The lowest BCUT2D eigenvalue weighted by Crippen LogP contribution is -2.09. The van der Waals surface area contributed by atoms with Crippen LogP contribution in [0.15, 0.2) is 18.5 Å². The summed E-state index contributed by atoms with van der Waals surface area (Å²) in [4.78, 5) is 20.2. The molecule has 19 heavy (non-hydrogen) atoms. The van der Waals surface area contributed by atoms with Gasteiger partial charge in [0.1, 0.15) is 5.82 Å². The minimum atomic E-state index is -0.405. The third kappa shape index (κ3) is 2.78. The zero-order valence-corrected chi connectivity index (χ0v) is 11.3. The number of carbonyl (C=O) groups is 1. The Labute approximate surface area is 111 Å². The predicted octanol–water partition coefficient (Wildman–Crippen LogP) is 1.29. The highest BCUT2D eigenvalue weighted by Gasteiger charge is 2.21. The highest BCUT2D eigenvalue weighted by atomic mass is 16.5. The summed E-state index contributed by atoms with van der Waals surface area (Å²) in [7, 11) is 1.80. The van der Waals surface area contributed by atoms with E-state index in [2.05, 4.69) is 15.1 Å². The molecule has 0 atom stereocenters. The van der Waals surface area contributed by atoms with Crippen molar-refractivity contribution < 1.29 is 9.53 Å². The van der Waals surface area contributed by atoms with Crippen LogP contribution in [0.25, 0.3) is 0 Å². The predicted molar refractivity (Wildman–Crippen MR) is 68.7 cm³/mol. The van der Waals surface area contributed by atoms with Crippen molar-refractivity contribution in [1.82, 2.24) is 19.7 Å². The lowest BCUT2D eigenvalue weighted by atomic mass is 10.1. The molecule has 6 heteroatoms. The van der Waals surface area contributed by atoms with Gasteiger partial charge in [-0.1, -0.05) is 0 Å². The van der Waals surface area contributed by atoms with E-state index in [4.69, 9.17) is 4.74 Å². The van der Waals surface area contributed by atoms with Crippen LogP contribution < -0.4 is 0 Å². The summed E-state index contributed by atoms with van der Waals surface area (Å²) in [6, 6.07) is 1.76. The number of ether oxygens (including phenoxy) is 1. The number of esters is 1. The van der Waals surface area contributed by atoms with E-state index >= 15 is 0 Å². The van der Waals surface area contributed by atoms with Gasteiger partial charge >= 0.3 is 5.97 Å². The van der Waals surface area contributed by atoms with Gasteiger partial charge in [0, 0.05) is 37.1 Å². The van der Waals surface area contributed by atoms with Crippen LogP contribution in [0.2, 0.25) is 0 Å². The van der Waals surface area contributed by atoms with Gasteiger partial charge in [-0.2, -0.15) is 5.10 Å². The van der Waals surface area contributed by atoms with Gasteiger partial charge in [0.15, 0.2) is 5.69 Å². The molecule has 2 aromatic rings. The molecule has 0 amide bonds. The Balaban J connectivity index is 2.36. The fourth-order valence-electron chi connectivity index (χ4n) is 1.81. The molecule has 0 aliphatic rings. The van der Waals surface area contributed by atoms with Crippen molar-refractivity contribution in [3.63, 3.8) is 0 Å². The summed E-state index contributed by atoms with van der Waals surface area (Å²) in [6.45, 7) is 4.01. The summed E-state index contributed by atoms with van der Waals surface area (Å²) in [6.07, 6.45) is 3.82. The van der Waals surface area contributed by atoms with Crippen molar-refractivity contribution in [1.29, 1.82) is 0 Å². The van der Waals surface area contributed by atoms with E-state index in [1.165, 1.54) is 0 Å². The molecule has 0 aliphatic carbocycles. The van der Waals surface area contributed by atoms with Crippen LogP contribution in [-0.4, -0.2) is 32.3 Å². The average Bonchev–Trinajstić information content (AvgIpc) is 2.69. The number of nitrogens with zero attached hydrogens (tertiary/aromatic N) is 4. The van der Waals surface area contributed by atoms with E-state index in [1.807, 2.05) is 6.92 Å². The Kier molecular flexibility index (Phi) is 3.89. The van der Waals surface area contributed by atoms with Crippen molar-refractivity contribution in [2.45, 2.75) is 20.3 Å². The van der Waals surface area contributed by atoms with Gasteiger partial charge < -0.3 is 4.74 Å². The number of carbonyl (C=O) groups excluding carboxylic acids is 1. The van der Waals surface area contributed by atoms with Gasteiger partial charge in [-0.05, 0) is 19.9 Å². The van der Waals surface area contributed by atoms with Crippen LogP contribution in [0.3, 0.4) is 0 Å². The number of rotatable bonds is 4. The Bertz CT molecular complexity index is 578. The average molecular weight is 260 g/mol. The summed E-state index contributed by atoms with van der Waals surface area (Å²) < 4.78 is 6.69. The van der Waals surface area contributed by atoms with Crippen molar-refractivity contribution in [3.8, 4) is 0 Å². The topological polar surface area (TPSA) is 69.9 Å². The van der Waals surface area contributed by atoms with Gasteiger partial charge in [-0.3, -0.25) is 4.68 Å². The standard InChI is InChI=1S/C13H16N4O2/c1-4-19-13(18)12-10(9(2)17(3)16-12)8-11-14-6-5-7-15-11/h5-7H,4,8H2,1-3H3. The smallest absolute Gasteiger partial charge is 0.359 e. The summed E-state index contributed by atoms with van der Waals surface area (Å²) in [5.41, 5.74) is 2.07. The number of aryl methyl sites for hydroxylation is 1. The van der Waals surface area contributed by atoms with E-state index < -0.39 is 5.97 Å². The Hall–Kier alpha value is -2.24. The highest BCUT2D eigenvalue weighted by molar-refractivity contribution is 5.89. The van der Waals surface area contributed by atoms with Crippen molar-refractivity contribution >= 4 is 5.97 Å². The van der Waals surface area contributed by atoms with Gasteiger partial charge in [0.2, 0.25) is 0 Å². The van der Waals surface area contributed by atoms with Gasteiger partial charge in [0.25, 0.3) is 0 Å². The van der Waals surface area contributed by atoms with E-state index in [0.29, 0.717) is 24.5 Å². The fraction of sp³-hybridized carbons (Fsp3) is 0.385. The lowest BCUT2D eigenvalue weighted by molar-refractivity contribution is 0.0517. The van der Waals surface area contributed by atoms with Crippen LogP contribution in [0.4, 0.5) is 0 Å². The summed E-state index contributed by atoms with van der Waals surface area (Å²) in [5, 5.41) is 4.21. The maximum Gasteiger partial charge on any atom is 0.359 e. The molecule has 0 saturated heterocycles. The molecule has 0 aromatic carbocycles. The van der Waals surface area contributed by atoms with Crippen LogP contribution in [0, 0.1) is 6.92 Å². The molecule has 6 nitrogen and oxygen atoms in total. The van der Waals surface area contributed by atoms with Crippen LogP contribution in [0.1, 0.15) is 34.5 Å². The molecule has 2 rings (SSSR count). The molecule has 0 spiro atoms. The lowest BCUT2D eigenvalue weighted by Gasteiger charge is -2.03. The van der Waals surface area contributed by atoms with E-state index in [0.717, 1.165) is 11.3 Å². The Morgan fingerprint density at radius 2 is 2.05 bits per heavy atom. The molecule has 0 aliphatic heterocycles. The highest BCUT2D eigenvalue weighted by Crippen LogP contribution is 2.17. The quantitative estimate of drug-likeness (QED) is 0.775. The van der Waals surface area contributed by atoms with Gasteiger partial charge in [0.05, 0.1) is 6.61 Å². The normalized spacial score (nSPS) is 10.5. The first-order valence-corrected chi connectivity index (χ1v) is 6.09. The SMILES string of the molecule is CCOC(=O)c1nn(C)c(C)c1Cc1ncccn1. The van der Waals surface area contributed by atoms with Crippen molar-refractivity contribution in [2.24, 2.45) is 7.05 Å². The molecule has 0 saturated carbocycles. The second-order valence-electron chi connectivity index (χ2n) is 4.10. The molecular formula is C13H16N4O2. The third-order valence-corrected chi connectivity index (χ3v) is 2.88. The second kappa shape index (κ2) is 5.60. The van der Waals surface area contributed by atoms with E-state index in [-0.39, 0.29) is 0 Å². The zero-order chi connectivity index (χ0) is 13.8. The number of hydrogen-bond donors (Lipinski definition) is 0. The molecule has 2 aromatic heterocycles. The Morgan fingerprint density at radius 1 is 1.37 bits per heavy atom. The maximum atomic E-state index is 11.9. The summed E-state index contributed by atoms with van der Waals surface area (Å²) in [5.74, 6) is 0.251. The number of hydrogen-bond acceptors (Lipinski definition) is 5. The molecule has 0 radical (unpaired) electrons. The van der Waals surface area contributed by atoms with Crippen LogP contribution in [-0.2, 0) is 18.2 Å². The maximum absolute atomic E-state index is 11.9. The first-order valence-electron chi connectivity index (χ1n) is 6.09. The molecule has 0 unspecified atom stereocenters. The molecular weight excluding hydrogens is 244 g/mol. The summed E-state index contributed by atoms with van der Waals surface area (Å²) >= 11 is 0. The first kappa shape index (κ1) is 13.2. The fourth-order valence-corrected chi connectivity index (χ4v) is 1.81. The van der Waals surface area contributed by atoms with E-state index in [1.54, 1.807) is 37.1 Å². The minimum Gasteiger partial charge on any atom is -0.461 e. The molecule has 100 valence electrons. The monoisotopic (exact) mass is 260 g/mol. The largest absolute Gasteiger partial charge is 0.461 e. The molecule has 2 heterocycles. The minimum absolute atomic E-state index is 0.329. The second-order valence-corrected chi connectivity index (χ2v) is 4.10.